The lowest BCUT2D eigenvalue weighted by atomic mass is 10.4. The third-order valence-electron chi connectivity index (χ3n) is 3.86. The number of hydrogen-bond acceptors (Lipinski definition) is 6. The number of guanidine groups is 1. The van der Waals surface area contributed by atoms with Gasteiger partial charge in [0.2, 0.25) is 15.9 Å². The first-order chi connectivity index (χ1) is 11.8. The topological polar surface area (TPSA) is 111 Å². The van der Waals surface area contributed by atoms with E-state index in [1.165, 1.54) is 15.5 Å². The molecule has 0 aromatic carbocycles. The second-order valence-corrected chi connectivity index (χ2v) is 7.79. The fourth-order valence-electron chi connectivity index (χ4n) is 2.41. The van der Waals surface area contributed by atoms with Crippen molar-refractivity contribution in [2.75, 3.05) is 53.9 Å². The Balaban J connectivity index is 1.88. The number of rotatable bonds is 5. The molecule has 0 radical (unpaired) electrons. The predicted molar refractivity (Wildman–Crippen MR) is 92.3 cm³/mol. The van der Waals surface area contributed by atoms with Gasteiger partial charge in [0.25, 0.3) is 0 Å². The van der Waals surface area contributed by atoms with Crippen LogP contribution < -0.4 is 5.32 Å². The van der Waals surface area contributed by atoms with Gasteiger partial charge in [-0.2, -0.15) is 4.31 Å². The highest BCUT2D eigenvalue weighted by molar-refractivity contribution is 7.88. The summed E-state index contributed by atoms with van der Waals surface area (Å²) >= 11 is 0. The molecule has 1 N–H and O–H groups in total. The number of aromatic nitrogens is 1. The molecular weight excluding hydrogens is 348 g/mol. The van der Waals surface area contributed by atoms with Crippen molar-refractivity contribution in [2.45, 2.75) is 5.75 Å². The lowest BCUT2D eigenvalue weighted by molar-refractivity contribution is -0.127. The number of carbonyl (C=O) groups is 1. The quantitative estimate of drug-likeness (QED) is 0.510. The summed E-state index contributed by atoms with van der Waals surface area (Å²) in [5.41, 5.74) is 0.391. The van der Waals surface area contributed by atoms with Crippen molar-refractivity contribution in [3.63, 3.8) is 0 Å². The Bertz CT molecular complexity index is 693. The molecule has 0 atom stereocenters. The molecular formula is C14H24N6O4S. The van der Waals surface area contributed by atoms with Crippen LogP contribution in [0.2, 0.25) is 0 Å². The van der Waals surface area contributed by atoms with Gasteiger partial charge in [0.1, 0.15) is 12.0 Å². The first-order valence-electron chi connectivity index (χ1n) is 7.86. The molecule has 2 rings (SSSR count). The van der Waals surface area contributed by atoms with Crippen LogP contribution in [-0.4, -0.2) is 93.4 Å². The first kappa shape index (κ1) is 19.2. The molecule has 1 amide bonds. The van der Waals surface area contributed by atoms with E-state index in [1.807, 2.05) is 4.90 Å². The summed E-state index contributed by atoms with van der Waals surface area (Å²) in [6.45, 7) is 1.83. The Kier molecular flexibility index (Phi) is 6.37. The highest BCUT2D eigenvalue weighted by Gasteiger charge is 2.29. The van der Waals surface area contributed by atoms with Gasteiger partial charge in [0.05, 0.1) is 12.2 Å². The van der Waals surface area contributed by atoms with Crippen molar-refractivity contribution in [2.24, 2.45) is 4.99 Å². The third-order valence-corrected chi connectivity index (χ3v) is 5.67. The van der Waals surface area contributed by atoms with Gasteiger partial charge in [0, 0.05) is 53.4 Å². The second-order valence-electron chi connectivity index (χ2n) is 5.82. The maximum absolute atomic E-state index is 12.4. The van der Waals surface area contributed by atoms with Gasteiger partial charge < -0.3 is 19.6 Å². The molecule has 1 aromatic rings. The lowest BCUT2D eigenvalue weighted by Gasteiger charge is -2.35. The summed E-state index contributed by atoms with van der Waals surface area (Å²) in [7, 11) is 1.57. The van der Waals surface area contributed by atoms with Crippen LogP contribution in [0.3, 0.4) is 0 Å². The molecule has 0 saturated carbocycles. The second kappa shape index (κ2) is 8.30. The minimum atomic E-state index is -3.44. The summed E-state index contributed by atoms with van der Waals surface area (Å²) in [4.78, 5) is 19.3. The van der Waals surface area contributed by atoms with Crippen molar-refractivity contribution in [1.82, 2.24) is 24.6 Å². The SMILES string of the molecule is CN=C(NCC(=O)N(C)C)N1CCN(S(=O)(=O)Cc2ccon2)CC1. The number of piperazine rings is 1. The summed E-state index contributed by atoms with van der Waals surface area (Å²) in [6, 6.07) is 1.54. The number of nitrogens with zero attached hydrogens (tertiary/aromatic N) is 5. The standard InChI is InChI=1S/C14H24N6O4S/c1-15-14(16-10-13(21)18(2)3)19-5-7-20(8-6-19)25(22,23)11-12-4-9-24-17-12/h4,9H,5-8,10-11H2,1-3H3,(H,15,16). The van der Waals surface area contributed by atoms with Crippen molar-refractivity contribution >= 4 is 21.9 Å². The van der Waals surface area contributed by atoms with Gasteiger partial charge in [-0.3, -0.25) is 9.79 Å². The summed E-state index contributed by atoms with van der Waals surface area (Å²) in [6.07, 6.45) is 1.35. The average molecular weight is 372 g/mol. The Labute approximate surface area is 147 Å². The van der Waals surface area contributed by atoms with E-state index in [0.717, 1.165) is 0 Å². The van der Waals surface area contributed by atoms with Crippen LogP contribution in [0, 0.1) is 0 Å². The number of hydrogen-bond donors (Lipinski definition) is 1. The third kappa shape index (κ3) is 5.16. The van der Waals surface area contributed by atoms with Crippen molar-refractivity contribution < 1.29 is 17.7 Å². The van der Waals surface area contributed by atoms with Crippen LogP contribution in [0.5, 0.6) is 0 Å². The van der Waals surface area contributed by atoms with E-state index in [9.17, 15) is 13.2 Å². The zero-order valence-electron chi connectivity index (χ0n) is 14.7. The van der Waals surface area contributed by atoms with E-state index in [4.69, 9.17) is 0 Å². The van der Waals surface area contributed by atoms with Crippen molar-refractivity contribution in [3.8, 4) is 0 Å². The average Bonchev–Trinajstić information content (AvgIpc) is 3.07. The molecule has 1 aromatic heterocycles. The lowest BCUT2D eigenvalue weighted by Crippen LogP contribution is -2.54. The van der Waals surface area contributed by atoms with E-state index < -0.39 is 10.0 Å². The maximum Gasteiger partial charge on any atom is 0.241 e. The monoisotopic (exact) mass is 372 g/mol. The molecule has 0 bridgehead atoms. The molecule has 0 aliphatic carbocycles. The largest absolute Gasteiger partial charge is 0.364 e. The number of sulfonamides is 1. The number of carbonyl (C=O) groups excluding carboxylic acids is 1. The first-order valence-corrected chi connectivity index (χ1v) is 9.47. The number of likely N-dealkylation sites (N-methyl/N-ethyl adjacent to an activating group) is 1. The van der Waals surface area contributed by atoms with Crippen molar-refractivity contribution in [1.29, 1.82) is 0 Å². The Hall–Kier alpha value is -2.14. The number of nitrogens with one attached hydrogen (secondary N) is 1. The van der Waals surface area contributed by atoms with E-state index in [-0.39, 0.29) is 18.2 Å². The van der Waals surface area contributed by atoms with Crippen molar-refractivity contribution in [3.05, 3.63) is 18.0 Å². The zero-order valence-corrected chi connectivity index (χ0v) is 15.5. The molecule has 0 spiro atoms. The van der Waals surface area contributed by atoms with E-state index >= 15 is 0 Å². The molecule has 11 heteroatoms. The van der Waals surface area contributed by atoms with E-state index in [1.54, 1.807) is 27.2 Å². The Morgan fingerprint density at radius 2 is 2.04 bits per heavy atom. The predicted octanol–water partition coefficient (Wildman–Crippen LogP) is -1.21. The summed E-state index contributed by atoms with van der Waals surface area (Å²) in [5.74, 6) is 0.354. The Morgan fingerprint density at radius 3 is 2.56 bits per heavy atom. The van der Waals surface area contributed by atoms with Crippen LogP contribution in [0.15, 0.2) is 21.8 Å². The van der Waals surface area contributed by atoms with Gasteiger partial charge >= 0.3 is 0 Å². The van der Waals surface area contributed by atoms with Gasteiger partial charge in [-0.15, -0.1) is 0 Å². The van der Waals surface area contributed by atoms with Crippen LogP contribution in [0.4, 0.5) is 0 Å². The highest BCUT2D eigenvalue weighted by Crippen LogP contribution is 2.12. The van der Waals surface area contributed by atoms with Gasteiger partial charge in [0.15, 0.2) is 5.96 Å². The fraction of sp³-hybridized carbons (Fsp3) is 0.643. The van der Waals surface area contributed by atoms with Gasteiger partial charge in [-0.05, 0) is 0 Å². The zero-order chi connectivity index (χ0) is 18.4. The molecule has 1 saturated heterocycles. The smallest absolute Gasteiger partial charge is 0.241 e. The molecule has 1 fully saturated rings. The fourth-order valence-corrected chi connectivity index (χ4v) is 3.84. The van der Waals surface area contributed by atoms with Crippen LogP contribution in [0.1, 0.15) is 5.69 Å². The van der Waals surface area contributed by atoms with Gasteiger partial charge in [-0.1, -0.05) is 5.16 Å². The molecule has 25 heavy (non-hydrogen) atoms. The van der Waals surface area contributed by atoms with E-state index in [0.29, 0.717) is 37.8 Å². The molecule has 10 nitrogen and oxygen atoms in total. The van der Waals surface area contributed by atoms with Crippen LogP contribution >= 0.6 is 0 Å². The van der Waals surface area contributed by atoms with Gasteiger partial charge in [-0.25, -0.2) is 8.42 Å². The summed E-state index contributed by atoms with van der Waals surface area (Å²) in [5, 5.41) is 6.66. The maximum atomic E-state index is 12.4. The minimum Gasteiger partial charge on any atom is -0.364 e. The van der Waals surface area contributed by atoms with Crippen LogP contribution in [0.25, 0.3) is 0 Å². The number of amides is 1. The molecule has 2 heterocycles. The molecule has 1 aliphatic heterocycles. The summed E-state index contributed by atoms with van der Waals surface area (Å²) < 4.78 is 31.0. The normalized spacial score (nSPS) is 16.8. The highest BCUT2D eigenvalue weighted by atomic mass is 32.2. The molecule has 1 aliphatic rings. The molecule has 140 valence electrons. The Morgan fingerprint density at radius 1 is 1.36 bits per heavy atom. The number of aliphatic imine (C=N–C) groups is 1. The molecule has 0 unspecified atom stereocenters. The minimum absolute atomic E-state index is 0.0602. The van der Waals surface area contributed by atoms with Crippen LogP contribution in [-0.2, 0) is 20.6 Å². The van der Waals surface area contributed by atoms with E-state index in [2.05, 4.69) is 20.0 Å².